The first-order valence-electron chi connectivity index (χ1n) is 6.50. The number of nitrogens with zero attached hydrogens (tertiary/aromatic N) is 2. The van der Waals surface area contributed by atoms with Crippen LogP contribution in [0, 0.1) is 5.82 Å². The molecule has 0 radical (unpaired) electrons. The summed E-state index contributed by atoms with van der Waals surface area (Å²) in [4.78, 5) is 8.35. The maximum atomic E-state index is 13.4. The fraction of sp³-hybridized carbons (Fsp3) is 0.286. The van der Waals surface area contributed by atoms with Crippen LogP contribution >= 0.6 is 15.9 Å². The van der Waals surface area contributed by atoms with E-state index in [0.29, 0.717) is 17.3 Å². The molecule has 1 heterocycles. The van der Waals surface area contributed by atoms with Gasteiger partial charge < -0.3 is 15.4 Å². The Bertz CT molecular complexity index is 624. The summed E-state index contributed by atoms with van der Waals surface area (Å²) in [6, 6.07) is 4.53. The van der Waals surface area contributed by atoms with Crippen molar-refractivity contribution in [3.05, 3.63) is 34.8 Å². The molecule has 112 valence electrons. The van der Waals surface area contributed by atoms with Gasteiger partial charge in [0.15, 0.2) is 11.6 Å². The smallest absolute Gasteiger partial charge is 0.165 e. The van der Waals surface area contributed by atoms with Crippen LogP contribution in [0.3, 0.4) is 0 Å². The van der Waals surface area contributed by atoms with E-state index in [1.165, 1.54) is 19.5 Å². The molecular formula is C14H16BrFN4O. The summed E-state index contributed by atoms with van der Waals surface area (Å²) in [5.74, 6) is 1.07. The van der Waals surface area contributed by atoms with Crippen LogP contribution in [0.2, 0.25) is 0 Å². The third kappa shape index (κ3) is 3.81. The second-order valence-electron chi connectivity index (χ2n) is 4.29. The highest BCUT2D eigenvalue weighted by Gasteiger charge is 2.10. The highest BCUT2D eigenvalue weighted by atomic mass is 79.9. The summed E-state index contributed by atoms with van der Waals surface area (Å²) < 4.78 is 19.1. The molecule has 7 heteroatoms. The predicted molar refractivity (Wildman–Crippen MR) is 84.7 cm³/mol. The monoisotopic (exact) mass is 354 g/mol. The van der Waals surface area contributed by atoms with Crippen LogP contribution in [-0.4, -0.2) is 23.6 Å². The summed E-state index contributed by atoms with van der Waals surface area (Å²) in [6.07, 6.45) is 2.46. The number of methoxy groups -OCH3 is 1. The van der Waals surface area contributed by atoms with Gasteiger partial charge in [-0.25, -0.2) is 14.4 Å². The fourth-order valence-electron chi connectivity index (χ4n) is 1.70. The van der Waals surface area contributed by atoms with Gasteiger partial charge in [0.05, 0.1) is 7.11 Å². The number of hydrogen-bond acceptors (Lipinski definition) is 5. The average molecular weight is 355 g/mol. The minimum Gasteiger partial charge on any atom is -0.494 e. The van der Waals surface area contributed by atoms with Crippen molar-refractivity contribution in [2.24, 2.45) is 0 Å². The van der Waals surface area contributed by atoms with Crippen LogP contribution < -0.4 is 15.4 Å². The number of aromatic nitrogens is 2. The number of benzene rings is 1. The van der Waals surface area contributed by atoms with Crippen molar-refractivity contribution in [2.45, 2.75) is 13.3 Å². The molecule has 0 spiro atoms. The predicted octanol–water partition coefficient (Wildman–Crippen LogP) is 3.95. The number of anilines is 3. The van der Waals surface area contributed by atoms with Crippen molar-refractivity contribution in [1.82, 2.24) is 9.97 Å². The van der Waals surface area contributed by atoms with Crippen molar-refractivity contribution in [2.75, 3.05) is 24.3 Å². The molecule has 0 atom stereocenters. The van der Waals surface area contributed by atoms with Gasteiger partial charge in [-0.15, -0.1) is 0 Å². The Morgan fingerprint density at radius 1 is 1.29 bits per heavy atom. The maximum Gasteiger partial charge on any atom is 0.165 e. The van der Waals surface area contributed by atoms with Crippen molar-refractivity contribution in [3.8, 4) is 5.75 Å². The lowest BCUT2D eigenvalue weighted by molar-refractivity contribution is 0.387. The van der Waals surface area contributed by atoms with E-state index in [1.807, 2.05) is 0 Å². The summed E-state index contributed by atoms with van der Waals surface area (Å²) in [5.41, 5.74) is 0.675. The zero-order chi connectivity index (χ0) is 15.2. The molecule has 5 nitrogen and oxygen atoms in total. The van der Waals surface area contributed by atoms with Gasteiger partial charge in [0.2, 0.25) is 0 Å². The standard InChI is InChI=1S/C14H16BrFN4O/c1-3-6-17-13-12(15)14(19-8-18-13)20-9-4-5-10(16)11(7-9)21-2/h4-5,7-8H,3,6H2,1-2H3,(H2,17,18,19,20). The van der Waals surface area contributed by atoms with E-state index in [0.717, 1.165) is 17.4 Å². The molecule has 2 N–H and O–H groups in total. The minimum absolute atomic E-state index is 0.175. The van der Waals surface area contributed by atoms with Gasteiger partial charge >= 0.3 is 0 Å². The molecule has 0 aliphatic heterocycles. The molecule has 0 bridgehead atoms. The first-order chi connectivity index (χ1) is 10.2. The molecule has 0 saturated heterocycles. The lowest BCUT2D eigenvalue weighted by atomic mass is 10.3. The van der Waals surface area contributed by atoms with Gasteiger partial charge in [-0.1, -0.05) is 6.92 Å². The summed E-state index contributed by atoms with van der Waals surface area (Å²) >= 11 is 3.46. The van der Waals surface area contributed by atoms with Crippen LogP contribution in [0.4, 0.5) is 21.7 Å². The third-order valence-electron chi connectivity index (χ3n) is 2.75. The number of ether oxygens (including phenoxy) is 1. The number of halogens is 2. The second-order valence-corrected chi connectivity index (χ2v) is 5.08. The molecule has 0 aliphatic rings. The first-order valence-corrected chi connectivity index (χ1v) is 7.30. The lowest BCUT2D eigenvalue weighted by Gasteiger charge is -2.12. The SMILES string of the molecule is CCCNc1ncnc(Nc2ccc(F)c(OC)c2)c1Br. The molecule has 0 aliphatic carbocycles. The summed E-state index contributed by atoms with van der Waals surface area (Å²) in [5, 5.41) is 6.30. The van der Waals surface area contributed by atoms with E-state index >= 15 is 0 Å². The molecule has 0 saturated carbocycles. The van der Waals surface area contributed by atoms with Crippen LogP contribution in [0.5, 0.6) is 5.75 Å². The zero-order valence-corrected chi connectivity index (χ0v) is 13.4. The van der Waals surface area contributed by atoms with Crippen LogP contribution in [0.1, 0.15) is 13.3 Å². The van der Waals surface area contributed by atoms with E-state index in [2.05, 4.69) is 43.5 Å². The Morgan fingerprint density at radius 3 is 2.76 bits per heavy atom. The molecule has 1 aromatic heterocycles. The quantitative estimate of drug-likeness (QED) is 0.822. The third-order valence-corrected chi connectivity index (χ3v) is 3.50. The maximum absolute atomic E-state index is 13.4. The summed E-state index contributed by atoms with van der Waals surface area (Å²) in [7, 11) is 1.43. The van der Waals surface area contributed by atoms with Gasteiger partial charge in [0.25, 0.3) is 0 Å². The average Bonchev–Trinajstić information content (AvgIpc) is 2.50. The van der Waals surface area contributed by atoms with Gasteiger partial charge in [-0.3, -0.25) is 0 Å². The van der Waals surface area contributed by atoms with Gasteiger partial charge in [-0.05, 0) is 34.5 Å². The molecule has 0 unspecified atom stereocenters. The number of rotatable bonds is 6. The molecule has 0 fully saturated rings. The first kappa shape index (κ1) is 15.5. The fourth-order valence-corrected chi connectivity index (χ4v) is 2.14. The van der Waals surface area contributed by atoms with E-state index in [9.17, 15) is 4.39 Å². The minimum atomic E-state index is -0.407. The second kappa shape index (κ2) is 7.21. The van der Waals surface area contributed by atoms with E-state index in [1.54, 1.807) is 12.1 Å². The van der Waals surface area contributed by atoms with Crippen LogP contribution in [0.15, 0.2) is 29.0 Å². The molecule has 1 aromatic carbocycles. The molecule has 2 rings (SSSR count). The largest absolute Gasteiger partial charge is 0.494 e. The Morgan fingerprint density at radius 2 is 2.05 bits per heavy atom. The highest BCUT2D eigenvalue weighted by Crippen LogP contribution is 2.30. The molecule has 21 heavy (non-hydrogen) atoms. The zero-order valence-electron chi connectivity index (χ0n) is 11.8. The molecular weight excluding hydrogens is 339 g/mol. The topological polar surface area (TPSA) is 59.1 Å². The Labute approximate surface area is 131 Å². The van der Waals surface area contributed by atoms with Crippen molar-refractivity contribution in [1.29, 1.82) is 0 Å². The highest BCUT2D eigenvalue weighted by molar-refractivity contribution is 9.10. The summed E-state index contributed by atoms with van der Waals surface area (Å²) in [6.45, 7) is 2.89. The Kier molecular flexibility index (Phi) is 5.32. The number of hydrogen-bond donors (Lipinski definition) is 2. The van der Waals surface area contributed by atoms with Crippen LogP contribution in [0.25, 0.3) is 0 Å². The number of nitrogens with one attached hydrogen (secondary N) is 2. The van der Waals surface area contributed by atoms with Crippen molar-refractivity contribution < 1.29 is 9.13 Å². The Balaban J connectivity index is 2.23. The molecule has 2 aromatic rings. The van der Waals surface area contributed by atoms with Crippen molar-refractivity contribution in [3.63, 3.8) is 0 Å². The van der Waals surface area contributed by atoms with E-state index in [4.69, 9.17) is 4.74 Å². The molecule has 0 amide bonds. The van der Waals surface area contributed by atoms with Crippen LogP contribution in [-0.2, 0) is 0 Å². The Hall–Kier alpha value is -1.89. The lowest BCUT2D eigenvalue weighted by Crippen LogP contribution is -2.05. The van der Waals surface area contributed by atoms with E-state index < -0.39 is 5.82 Å². The normalized spacial score (nSPS) is 10.3. The van der Waals surface area contributed by atoms with Gasteiger partial charge in [0.1, 0.15) is 22.4 Å². The van der Waals surface area contributed by atoms with Gasteiger partial charge in [0, 0.05) is 18.3 Å². The van der Waals surface area contributed by atoms with Crippen molar-refractivity contribution >= 4 is 33.3 Å². The van der Waals surface area contributed by atoms with Gasteiger partial charge in [-0.2, -0.15) is 0 Å². The van der Waals surface area contributed by atoms with E-state index in [-0.39, 0.29) is 5.75 Å².